The largest absolute Gasteiger partial charge is 0.431 e. The molecule has 0 saturated carbocycles. The fourth-order valence-corrected chi connectivity index (χ4v) is 6.58. The van der Waals surface area contributed by atoms with Gasteiger partial charge in [-0.1, -0.05) is 12.1 Å². The smallest absolute Gasteiger partial charge is 0.409 e. The lowest BCUT2D eigenvalue weighted by Crippen LogP contribution is -2.60. The SMILES string of the molecule is C[C@H](NC(=O)CCOCCOCCOCCOCCOCCOCCOCCOCCNC(=O)CCN1C(=O)C=CC1=O)C(=O)N[C@@H](C)C(=O)Nc1ccc(C(OC(=O)NC(C)(C(N)=O)C(F)F)C(=O)N2CCOCC2)cc1. The summed E-state index contributed by atoms with van der Waals surface area (Å²) in [5.41, 5.74) is 2.63. The van der Waals surface area contributed by atoms with E-state index < -0.39 is 77.6 Å². The molecule has 438 valence electrons. The summed E-state index contributed by atoms with van der Waals surface area (Å²) in [6.07, 6.45) is -4.20. The third kappa shape index (κ3) is 25.9. The van der Waals surface area contributed by atoms with E-state index in [2.05, 4.69) is 21.3 Å². The topological polar surface area (TPSA) is 339 Å². The molecule has 1 aromatic rings. The predicted molar refractivity (Wildman–Crippen MR) is 268 cm³/mol. The van der Waals surface area contributed by atoms with Gasteiger partial charge in [0.2, 0.25) is 35.6 Å². The van der Waals surface area contributed by atoms with E-state index in [1.54, 1.807) is 5.32 Å². The number of primary amides is 1. The highest BCUT2D eigenvalue weighted by molar-refractivity contribution is 6.13. The van der Waals surface area contributed by atoms with Crippen molar-refractivity contribution in [1.82, 2.24) is 31.1 Å². The summed E-state index contributed by atoms with van der Waals surface area (Å²) in [7, 11) is 0. The number of rotatable bonds is 41. The number of hydrogen-bond donors (Lipinski definition) is 6. The molecular weight excluding hydrogens is 1040 g/mol. The van der Waals surface area contributed by atoms with E-state index in [-0.39, 0.29) is 82.7 Å². The molecular formula is C49H74F2N8O19. The Hall–Kier alpha value is -6.31. The monoisotopic (exact) mass is 1120 g/mol. The number of alkyl halides is 2. The molecule has 0 aromatic heterocycles. The van der Waals surface area contributed by atoms with E-state index in [1.807, 2.05) is 0 Å². The number of carbonyl (C=O) groups is 9. The molecule has 7 N–H and O–H groups in total. The minimum Gasteiger partial charge on any atom is -0.431 e. The maximum Gasteiger partial charge on any atom is 0.409 e. The third-order valence-corrected chi connectivity index (χ3v) is 11.2. The Morgan fingerprint density at radius 2 is 1.10 bits per heavy atom. The van der Waals surface area contributed by atoms with Crippen molar-refractivity contribution in [1.29, 1.82) is 0 Å². The molecule has 9 amide bonds. The Morgan fingerprint density at radius 3 is 1.58 bits per heavy atom. The second-order valence-electron chi connectivity index (χ2n) is 17.3. The van der Waals surface area contributed by atoms with E-state index >= 15 is 0 Å². The lowest BCUT2D eigenvalue weighted by molar-refractivity contribution is -0.145. The molecule has 29 heteroatoms. The number of alkyl carbamates (subject to hydrolysis) is 1. The van der Waals surface area contributed by atoms with Gasteiger partial charge in [0.25, 0.3) is 24.1 Å². The molecule has 2 heterocycles. The number of amides is 9. The number of imide groups is 1. The third-order valence-electron chi connectivity index (χ3n) is 11.2. The molecule has 2 aliphatic heterocycles. The van der Waals surface area contributed by atoms with Crippen LogP contribution in [0, 0.1) is 0 Å². The number of nitrogens with zero attached hydrogens (tertiary/aromatic N) is 2. The summed E-state index contributed by atoms with van der Waals surface area (Å²) in [5, 5.41) is 12.1. The van der Waals surface area contributed by atoms with Crippen molar-refractivity contribution in [3.05, 3.63) is 42.0 Å². The number of nitrogens with one attached hydrogen (secondary N) is 5. The number of hydrogen-bond acceptors (Lipinski definition) is 19. The Bertz CT molecular complexity index is 2070. The van der Waals surface area contributed by atoms with Crippen LogP contribution in [0.5, 0.6) is 0 Å². The molecule has 3 rings (SSSR count). The summed E-state index contributed by atoms with van der Waals surface area (Å²) in [4.78, 5) is 113. The second kappa shape index (κ2) is 37.5. The van der Waals surface area contributed by atoms with Gasteiger partial charge in [-0.3, -0.25) is 43.3 Å². The van der Waals surface area contributed by atoms with Crippen LogP contribution < -0.4 is 32.3 Å². The number of nitrogens with two attached hydrogens (primary N) is 1. The van der Waals surface area contributed by atoms with Gasteiger partial charge >= 0.3 is 6.09 Å². The highest BCUT2D eigenvalue weighted by Crippen LogP contribution is 2.25. The molecule has 1 saturated heterocycles. The number of ether oxygens (including phenoxy) is 10. The fraction of sp³-hybridized carbons (Fsp3) is 0.653. The van der Waals surface area contributed by atoms with Crippen LogP contribution in [-0.4, -0.2) is 232 Å². The maximum atomic E-state index is 13.6. The normalized spacial score (nSPS) is 15.3. The lowest BCUT2D eigenvalue weighted by atomic mass is 10.0. The summed E-state index contributed by atoms with van der Waals surface area (Å²) < 4.78 is 81.4. The van der Waals surface area contributed by atoms with Crippen LogP contribution in [0.25, 0.3) is 0 Å². The minimum atomic E-state index is -3.39. The van der Waals surface area contributed by atoms with Crippen LogP contribution in [0.15, 0.2) is 36.4 Å². The van der Waals surface area contributed by atoms with Crippen molar-refractivity contribution in [2.45, 2.75) is 63.8 Å². The molecule has 4 atom stereocenters. The van der Waals surface area contributed by atoms with Gasteiger partial charge in [0, 0.05) is 62.4 Å². The first-order valence-electron chi connectivity index (χ1n) is 25.3. The number of carbonyl (C=O) groups excluding carboxylic acids is 9. The van der Waals surface area contributed by atoms with Crippen molar-refractivity contribution < 1.29 is 99.3 Å². The molecule has 0 bridgehead atoms. The Labute approximate surface area is 450 Å². The van der Waals surface area contributed by atoms with E-state index in [0.717, 1.165) is 4.90 Å². The van der Waals surface area contributed by atoms with Gasteiger partial charge in [-0.15, -0.1) is 0 Å². The Kier molecular flexibility index (Phi) is 31.7. The predicted octanol–water partition coefficient (Wildman–Crippen LogP) is -1.28. The number of anilines is 1. The van der Waals surface area contributed by atoms with Crippen molar-refractivity contribution in [3.8, 4) is 0 Å². The van der Waals surface area contributed by atoms with Crippen molar-refractivity contribution in [2.75, 3.05) is 150 Å². The molecule has 2 aliphatic rings. The minimum absolute atomic E-state index is 0.0225. The molecule has 0 aliphatic carbocycles. The van der Waals surface area contributed by atoms with Gasteiger partial charge in [-0.05, 0) is 32.9 Å². The van der Waals surface area contributed by atoms with Gasteiger partial charge < -0.3 is 84.6 Å². The molecule has 78 heavy (non-hydrogen) atoms. The maximum absolute atomic E-state index is 13.6. The zero-order valence-corrected chi connectivity index (χ0v) is 44.2. The lowest BCUT2D eigenvalue weighted by Gasteiger charge is -2.31. The van der Waals surface area contributed by atoms with Gasteiger partial charge in [0.15, 0.2) is 5.54 Å². The fourth-order valence-electron chi connectivity index (χ4n) is 6.58. The van der Waals surface area contributed by atoms with Crippen LogP contribution in [0.3, 0.4) is 0 Å². The summed E-state index contributed by atoms with van der Waals surface area (Å²) in [6.45, 7) is 9.97. The van der Waals surface area contributed by atoms with E-state index in [9.17, 15) is 51.9 Å². The molecule has 0 radical (unpaired) electrons. The van der Waals surface area contributed by atoms with Crippen LogP contribution in [0.2, 0.25) is 0 Å². The van der Waals surface area contributed by atoms with Gasteiger partial charge in [0.1, 0.15) is 12.1 Å². The van der Waals surface area contributed by atoms with Crippen molar-refractivity contribution >= 4 is 59.0 Å². The number of halogens is 2. The average molecular weight is 1120 g/mol. The summed E-state index contributed by atoms with van der Waals surface area (Å²) >= 11 is 0. The average Bonchev–Trinajstić information content (AvgIpc) is 3.75. The van der Waals surface area contributed by atoms with Crippen LogP contribution in [-0.2, 0) is 85.7 Å². The standard InChI is InChI=1S/C49H74F2N8O19/c1-34(43(64)55-35(2)44(65)56-37-6-4-36(5-7-37)42(45(66)58-14-18-71-19-15-58)78-48(68)57-49(3,46(50)51)47(52)67)54-39(61)11-16-69-20-22-72-24-26-74-28-30-76-32-33-77-31-29-75-27-25-73-23-21-70-17-12-53-38(60)10-13-59-40(62)8-9-41(59)63/h4-9,34-35,42,46H,10-33H2,1-3H3,(H2,52,67)(H,53,60)(H,54,61)(H,55,64)(H,56,65)(H,57,68)/t34-,35-,42?,49?/m0/s1. The second-order valence-corrected chi connectivity index (χ2v) is 17.3. The summed E-state index contributed by atoms with van der Waals surface area (Å²) in [5.74, 6) is -5.07. The number of morpholine rings is 1. The first kappa shape index (κ1) is 66.0. The highest BCUT2D eigenvalue weighted by Gasteiger charge is 2.44. The number of benzene rings is 1. The highest BCUT2D eigenvalue weighted by atomic mass is 19.3. The molecule has 1 fully saturated rings. The summed E-state index contributed by atoms with van der Waals surface area (Å²) in [6, 6.07) is 3.42. The van der Waals surface area contributed by atoms with Crippen LogP contribution in [0.4, 0.5) is 19.3 Å². The Balaban J connectivity index is 1.12. The van der Waals surface area contributed by atoms with Crippen LogP contribution in [0.1, 0.15) is 45.3 Å². The van der Waals surface area contributed by atoms with Crippen molar-refractivity contribution in [3.63, 3.8) is 0 Å². The van der Waals surface area contributed by atoms with Crippen LogP contribution >= 0.6 is 0 Å². The van der Waals surface area contributed by atoms with E-state index in [4.69, 9.17) is 53.1 Å². The van der Waals surface area contributed by atoms with E-state index in [1.165, 1.54) is 55.2 Å². The van der Waals surface area contributed by atoms with Gasteiger partial charge in [-0.2, -0.15) is 0 Å². The molecule has 0 spiro atoms. The first-order chi connectivity index (χ1) is 37.4. The van der Waals surface area contributed by atoms with Gasteiger partial charge in [0.05, 0.1) is 119 Å². The van der Waals surface area contributed by atoms with Gasteiger partial charge in [-0.25, -0.2) is 13.6 Å². The molecule has 1 aromatic carbocycles. The Morgan fingerprint density at radius 1 is 0.641 bits per heavy atom. The first-order valence-corrected chi connectivity index (χ1v) is 25.3. The van der Waals surface area contributed by atoms with E-state index in [0.29, 0.717) is 99.4 Å². The molecule has 2 unspecified atom stereocenters. The zero-order valence-electron chi connectivity index (χ0n) is 44.2. The van der Waals surface area contributed by atoms with Crippen molar-refractivity contribution in [2.24, 2.45) is 5.73 Å². The zero-order chi connectivity index (χ0) is 57.1. The molecule has 27 nitrogen and oxygen atoms in total. The quantitative estimate of drug-likeness (QED) is 0.0329.